The average molecular weight is 433 g/mol. The van der Waals surface area contributed by atoms with Gasteiger partial charge >= 0.3 is 6.18 Å². The van der Waals surface area contributed by atoms with Gasteiger partial charge in [0.1, 0.15) is 0 Å². The second-order valence-corrected chi connectivity index (χ2v) is 10.2. The van der Waals surface area contributed by atoms with Crippen LogP contribution in [0.5, 0.6) is 0 Å². The minimum Gasteiger partial charge on any atom is -0.373 e. The number of halogens is 4. The molecule has 0 N–H and O–H groups in total. The van der Waals surface area contributed by atoms with Crippen molar-refractivity contribution in [3.05, 3.63) is 64.2 Å². The summed E-state index contributed by atoms with van der Waals surface area (Å²) in [6.45, 7) is 3.63. The van der Waals surface area contributed by atoms with Gasteiger partial charge in [0.15, 0.2) is 9.84 Å². The maximum absolute atomic E-state index is 13.3. The fourth-order valence-electron chi connectivity index (χ4n) is 3.54. The number of hydrogen-bond acceptors (Lipinski definition) is 3. The summed E-state index contributed by atoms with van der Waals surface area (Å²) in [5, 5.41) is 0.566. The van der Waals surface area contributed by atoms with Crippen LogP contribution >= 0.6 is 11.6 Å². The number of benzene rings is 2. The van der Waals surface area contributed by atoms with E-state index in [1.807, 2.05) is 6.92 Å². The van der Waals surface area contributed by atoms with Crippen LogP contribution in [0.4, 0.5) is 13.2 Å². The number of sulfone groups is 1. The van der Waals surface area contributed by atoms with Crippen molar-refractivity contribution in [2.24, 2.45) is 0 Å². The zero-order valence-corrected chi connectivity index (χ0v) is 17.0. The van der Waals surface area contributed by atoms with Gasteiger partial charge in [0, 0.05) is 11.6 Å². The lowest BCUT2D eigenvalue weighted by molar-refractivity contribution is -0.137. The Morgan fingerprint density at radius 1 is 1.18 bits per heavy atom. The van der Waals surface area contributed by atoms with E-state index in [0.29, 0.717) is 11.1 Å². The molecule has 1 aliphatic heterocycles. The van der Waals surface area contributed by atoms with Crippen LogP contribution in [0.25, 0.3) is 0 Å². The first-order valence-corrected chi connectivity index (χ1v) is 10.6. The van der Waals surface area contributed by atoms with E-state index in [1.165, 1.54) is 6.07 Å². The first kappa shape index (κ1) is 21.1. The molecule has 152 valence electrons. The molecule has 2 unspecified atom stereocenters. The Hall–Kier alpha value is -1.57. The highest BCUT2D eigenvalue weighted by Crippen LogP contribution is 2.43. The Balaban J connectivity index is 1.97. The monoisotopic (exact) mass is 432 g/mol. The van der Waals surface area contributed by atoms with Gasteiger partial charge in [-0.3, -0.25) is 0 Å². The van der Waals surface area contributed by atoms with E-state index in [1.54, 1.807) is 25.1 Å². The Bertz CT molecular complexity index is 988. The van der Waals surface area contributed by atoms with Gasteiger partial charge in [-0.05, 0) is 68.1 Å². The molecule has 28 heavy (non-hydrogen) atoms. The number of aryl methyl sites for hydroxylation is 1. The van der Waals surface area contributed by atoms with Crippen molar-refractivity contribution < 1.29 is 26.3 Å². The van der Waals surface area contributed by atoms with Crippen LogP contribution < -0.4 is 0 Å². The van der Waals surface area contributed by atoms with Crippen molar-refractivity contribution >= 4 is 21.4 Å². The van der Waals surface area contributed by atoms with Crippen molar-refractivity contribution in [1.82, 2.24) is 0 Å². The van der Waals surface area contributed by atoms with E-state index in [-0.39, 0.29) is 24.3 Å². The van der Waals surface area contributed by atoms with Crippen molar-refractivity contribution in [3.63, 3.8) is 0 Å². The molecule has 8 heteroatoms. The SMILES string of the molecule is Cc1cc(Cl)ccc1C1CC(C)(S(=O)(=O)c2cccc(C(F)(F)F)c2)CCO1. The van der Waals surface area contributed by atoms with Crippen molar-refractivity contribution in [3.8, 4) is 0 Å². The van der Waals surface area contributed by atoms with E-state index >= 15 is 0 Å². The number of hydrogen-bond donors (Lipinski definition) is 0. The second-order valence-electron chi connectivity index (χ2n) is 7.29. The standard InChI is InChI=1S/C20H20ClF3O3S/c1-13-10-15(21)6-7-17(13)18-12-19(2,8-9-27-18)28(25,26)16-5-3-4-14(11-16)20(22,23)24/h3-7,10-11,18H,8-9,12H2,1-2H3. The smallest absolute Gasteiger partial charge is 0.373 e. The van der Waals surface area contributed by atoms with E-state index in [4.69, 9.17) is 16.3 Å². The molecular weight excluding hydrogens is 413 g/mol. The Morgan fingerprint density at radius 2 is 1.89 bits per heavy atom. The Kier molecular flexibility index (Phi) is 5.55. The summed E-state index contributed by atoms with van der Waals surface area (Å²) in [7, 11) is -4.01. The summed E-state index contributed by atoms with van der Waals surface area (Å²) in [6.07, 6.45) is -4.73. The second kappa shape index (κ2) is 7.35. The van der Waals surface area contributed by atoms with Gasteiger partial charge < -0.3 is 4.74 Å². The minimum atomic E-state index is -4.61. The van der Waals surface area contributed by atoms with Crippen LogP contribution in [-0.4, -0.2) is 19.8 Å². The summed E-state index contributed by atoms with van der Waals surface area (Å²) in [5.74, 6) is 0. The molecule has 1 aliphatic rings. The van der Waals surface area contributed by atoms with Crippen molar-refractivity contribution in [2.45, 2.75) is 48.6 Å². The van der Waals surface area contributed by atoms with Crippen LogP contribution in [0.15, 0.2) is 47.4 Å². The first-order chi connectivity index (χ1) is 12.9. The van der Waals surface area contributed by atoms with Crippen LogP contribution in [0.2, 0.25) is 5.02 Å². The third kappa shape index (κ3) is 3.93. The van der Waals surface area contributed by atoms with Crippen LogP contribution in [0, 0.1) is 6.92 Å². The highest BCUT2D eigenvalue weighted by molar-refractivity contribution is 7.92. The highest BCUT2D eigenvalue weighted by atomic mass is 35.5. The normalized spacial score (nSPS) is 23.6. The molecule has 0 radical (unpaired) electrons. The van der Waals surface area contributed by atoms with E-state index in [9.17, 15) is 21.6 Å². The molecule has 0 aromatic heterocycles. The van der Waals surface area contributed by atoms with E-state index < -0.39 is 32.4 Å². The molecule has 0 bridgehead atoms. The van der Waals surface area contributed by atoms with Gasteiger partial charge in [0.2, 0.25) is 0 Å². The molecule has 0 aliphatic carbocycles. The maximum Gasteiger partial charge on any atom is 0.416 e. The van der Waals surface area contributed by atoms with Gasteiger partial charge in [-0.1, -0.05) is 23.7 Å². The molecule has 2 atom stereocenters. The first-order valence-electron chi connectivity index (χ1n) is 8.74. The van der Waals surface area contributed by atoms with E-state index in [2.05, 4.69) is 0 Å². The third-order valence-electron chi connectivity index (χ3n) is 5.27. The lowest BCUT2D eigenvalue weighted by atomic mass is 9.90. The van der Waals surface area contributed by atoms with Gasteiger partial charge in [-0.25, -0.2) is 8.42 Å². The quantitative estimate of drug-likeness (QED) is 0.620. The topological polar surface area (TPSA) is 43.4 Å². The van der Waals surface area contributed by atoms with Crippen LogP contribution in [-0.2, 0) is 20.8 Å². The summed E-state index contributed by atoms with van der Waals surface area (Å²) in [6, 6.07) is 9.19. The zero-order valence-electron chi connectivity index (χ0n) is 15.4. The van der Waals surface area contributed by atoms with E-state index in [0.717, 1.165) is 23.3 Å². The molecule has 3 rings (SSSR count). The predicted molar refractivity (Wildman–Crippen MR) is 101 cm³/mol. The largest absolute Gasteiger partial charge is 0.416 e. The molecule has 0 saturated carbocycles. The summed E-state index contributed by atoms with van der Waals surface area (Å²) in [4.78, 5) is -0.321. The molecule has 3 nitrogen and oxygen atoms in total. The zero-order chi connectivity index (χ0) is 20.7. The number of alkyl halides is 3. The molecule has 2 aromatic carbocycles. The van der Waals surface area contributed by atoms with Crippen LogP contribution in [0.1, 0.15) is 42.6 Å². The number of rotatable bonds is 3. The Morgan fingerprint density at radius 3 is 2.54 bits per heavy atom. The lowest BCUT2D eigenvalue weighted by Gasteiger charge is -2.38. The third-order valence-corrected chi connectivity index (χ3v) is 8.04. The molecule has 2 aromatic rings. The Labute approximate surface area is 167 Å². The molecule has 1 fully saturated rings. The fraction of sp³-hybridized carbons (Fsp3) is 0.400. The summed E-state index contributed by atoms with van der Waals surface area (Å²) in [5.41, 5.74) is 0.724. The minimum absolute atomic E-state index is 0.147. The van der Waals surface area contributed by atoms with Gasteiger partial charge in [0.25, 0.3) is 0 Å². The molecule has 0 amide bonds. The lowest BCUT2D eigenvalue weighted by Crippen LogP contribution is -2.42. The average Bonchev–Trinajstić information content (AvgIpc) is 2.61. The summed E-state index contributed by atoms with van der Waals surface area (Å²) < 4.78 is 70.2. The molecule has 1 heterocycles. The molecular formula is C20H20ClF3O3S. The molecule has 1 saturated heterocycles. The molecule has 0 spiro atoms. The highest BCUT2D eigenvalue weighted by Gasteiger charge is 2.45. The fourth-order valence-corrected chi connectivity index (χ4v) is 5.60. The van der Waals surface area contributed by atoms with Crippen molar-refractivity contribution in [1.29, 1.82) is 0 Å². The van der Waals surface area contributed by atoms with Gasteiger partial charge in [0.05, 0.1) is 21.3 Å². The number of ether oxygens (including phenoxy) is 1. The van der Waals surface area contributed by atoms with Gasteiger partial charge in [-0.2, -0.15) is 13.2 Å². The van der Waals surface area contributed by atoms with Crippen molar-refractivity contribution in [2.75, 3.05) is 6.61 Å². The predicted octanol–water partition coefficient (Wildman–Crippen LogP) is 5.75. The summed E-state index contributed by atoms with van der Waals surface area (Å²) >= 11 is 5.99. The van der Waals surface area contributed by atoms with Crippen LogP contribution in [0.3, 0.4) is 0 Å². The maximum atomic E-state index is 13.3. The van der Waals surface area contributed by atoms with Gasteiger partial charge in [-0.15, -0.1) is 0 Å².